The molecule has 4 aliphatic rings. The first kappa shape index (κ1) is 22.7. The van der Waals surface area contributed by atoms with Gasteiger partial charge in [-0.2, -0.15) is 5.10 Å². The van der Waals surface area contributed by atoms with Crippen LogP contribution in [0.1, 0.15) is 36.8 Å². The molecule has 1 spiro atoms. The molecule has 2 saturated heterocycles. The molecule has 190 valence electrons. The number of likely N-dealkylation sites (tertiary alicyclic amines) is 1. The SMILES string of the molecule is Cc1cc(-c2ccc3c(cnn3C)c2)ccc1C1=NC2(CC2)C(=O)N1CC1CN(C(=O)C2CCCO2)C1. The van der Waals surface area contributed by atoms with E-state index in [-0.39, 0.29) is 23.8 Å². The molecule has 0 bridgehead atoms. The number of aryl methyl sites for hydroxylation is 2. The van der Waals surface area contributed by atoms with Crippen LogP contribution in [-0.2, 0) is 21.4 Å². The molecule has 7 rings (SSSR count). The quantitative estimate of drug-likeness (QED) is 0.542. The fourth-order valence-electron chi connectivity index (χ4n) is 6.01. The van der Waals surface area contributed by atoms with Gasteiger partial charge in [-0.05, 0) is 61.4 Å². The summed E-state index contributed by atoms with van der Waals surface area (Å²) in [6.45, 7) is 4.73. The molecule has 3 aromatic rings. The number of amidine groups is 1. The first-order chi connectivity index (χ1) is 17.9. The third-order valence-electron chi connectivity index (χ3n) is 8.40. The number of nitrogens with zero attached hydrogens (tertiary/aromatic N) is 5. The van der Waals surface area contributed by atoms with E-state index in [1.807, 2.05) is 27.7 Å². The lowest BCUT2D eigenvalue weighted by Gasteiger charge is -2.42. The first-order valence-electron chi connectivity index (χ1n) is 13.3. The summed E-state index contributed by atoms with van der Waals surface area (Å²) in [6, 6.07) is 12.8. The highest BCUT2D eigenvalue weighted by Gasteiger charge is 2.58. The molecule has 8 nitrogen and oxygen atoms in total. The molecule has 3 fully saturated rings. The number of rotatable bonds is 5. The maximum atomic E-state index is 13.4. The van der Waals surface area contributed by atoms with E-state index < -0.39 is 5.54 Å². The zero-order valence-electron chi connectivity index (χ0n) is 21.3. The number of hydrogen-bond donors (Lipinski definition) is 0. The molecular formula is C29H31N5O3. The van der Waals surface area contributed by atoms with E-state index in [0.29, 0.717) is 26.2 Å². The highest BCUT2D eigenvalue weighted by Crippen LogP contribution is 2.46. The van der Waals surface area contributed by atoms with Crippen molar-refractivity contribution in [2.24, 2.45) is 18.0 Å². The molecule has 1 aliphatic carbocycles. The summed E-state index contributed by atoms with van der Waals surface area (Å²) in [6.07, 6.45) is 5.02. The summed E-state index contributed by atoms with van der Waals surface area (Å²) in [5.41, 5.74) is 4.93. The van der Waals surface area contributed by atoms with Crippen LogP contribution in [0.3, 0.4) is 0 Å². The Labute approximate surface area is 215 Å². The van der Waals surface area contributed by atoms with Crippen molar-refractivity contribution in [2.45, 2.75) is 44.2 Å². The molecule has 3 aliphatic heterocycles. The van der Waals surface area contributed by atoms with Crippen LogP contribution in [0.25, 0.3) is 22.0 Å². The van der Waals surface area contributed by atoms with Crippen LogP contribution < -0.4 is 0 Å². The summed E-state index contributed by atoms with van der Waals surface area (Å²) >= 11 is 0. The summed E-state index contributed by atoms with van der Waals surface area (Å²) in [4.78, 5) is 34.8. The van der Waals surface area contributed by atoms with Gasteiger partial charge in [0.05, 0.1) is 11.7 Å². The van der Waals surface area contributed by atoms with Crippen molar-refractivity contribution in [1.82, 2.24) is 19.6 Å². The Bertz CT molecular complexity index is 1460. The molecule has 0 radical (unpaired) electrons. The van der Waals surface area contributed by atoms with Crippen LogP contribution in [0, 0.1) is 12.8 Å². The van der Waals surface area contributed by atoms with Crippen LogP contribution in [0.2, 0.25) is 0 Å². The van der Waals surface area contributed by atoms with Gasteiger partial charge in [-0.3, -0.25) is 24.2 Å². The lowest BCUT2D eigenvalue weighted by atomic mass is 9.96. The number of carbonyl (C=O) groups is 2. The van der Waals surface area contributed by atoms with Gasteiger partial charge in [0, 0.05) is 50.2 Å². The minimum atomic E-state index is -0.553. The third-order valence-corrected chi connectivity index (χ3v) is 8.40. The molecule has 2 aromatic carbocycles. The molecular weight excluding hydrogens is 466 g/mol. The summed E-state index contributed by atoms with van der Waals surface area (Å²) in [7, 11) is 1.95. The van der Waals surface area contributed by atoms with Crippen LogP contribution in [-0.4, -0.2) is 75.1 Å². The topological polar surface area (TPSA) is 80.0 Å². The molecule has 1 atom stereocenters. The van der Waals surface area contributed by atoms with Crippen molar-refractivity contribution in [3.05, 3.63) is 53.7 Å². The number of aromatic nitrogens is 2. The van der Waals surface area contributed by atoms with Gasteiger partial charge in [-0.25, -0.2) is 0 Å². The van der Waals surface area contributed by atoms with Gasteiger partial charge in [0.2, 0.25) is 0 Å². The van der Waals surface area contributed by atoms with Crippen LogP contribution in [0.15, 0.2) is 47.6 Å². The van der Waals surface area contributed by atoms with Crippen molar-refractivity contribution in [2.75, 3.05) is 26.2 Å². The van der Waals surface area contributed by atoms with Gasteiger partial charge in [0.25, 0.3) is 11.8 Å². The van der Waals surface area contributed by atoms with Gasteiger partial charge >= 0.3 is 0 Å². The number of benzene rings is 2. The lowest BCUT2D eigenvalue weighted by molar-refractivity contribution is -0.148. The minimum absolute atomic E-state index is 0.102. The van der Waals surface area contributed by atoms with E-state index in [1.165, 1.54) is 0 Å². The number of hydrogen-bond acceptors (Lipinski definition) is 5. The van der Waals surface area contributed by atoms with Gasteiger partial charge in [-0.15, -0.1) is 0 Å². The fourth-order valence-corrected chi connectivity index (χ4v) is 6.01. The Balaban J connectivity index is 1.11. The molecule has 0 N–H and O–H groups in total. The van der Waals surface area contributed by atoms with E-state index in [2.05, 4.69) is 48.4 Å². The fraction of sp³-hybridized carbons (Fsp3) is 0.448. The molecule has 1 saturated carbocycles. The maximum absolute atomic E-state index is 13.4. The van der Waals surface area contributed by atoms with Gasteiger partial charge in [-0.1, -0.05) is 24.3 Å². The average Bonchev–Trinajstić information content (AvgIpc) is 3.18. The molecule has 4 heterocycles. The normalized spacial score (nSPS) is 22.7. The number of fused-ring (bicyclic) bond motifs is 1. The second-order valence-corrected chi connectivity index (χ2v) is 11.1. The first-order valence-corrected chi connectivity index (χ1v) is 13.3. The predicted octanol–water partition coefficient (Wildman–Crippen LogP) is 3.31. The van der Waals surface area contributed by atoms with Crippen LogP contribution in [0.5, 0.6) is 0 Å². The standard InChI is InChI=1S/C29H31N5O3/c1-18-12-20(21-6-8-24-22(13-21)14-30-32(24)2)5-7-23(18)26-31-29(9-10-29)28(36)34(26)17-19-15-33(16-19)27(35)25-4-3-11-37-25/h5-8,12-14,19,25H,3-4,9-11,15-17H2,1-2H3. The van der Waals surface area contributed by atoms with E-state index in [0.717, 1.165) is 64.7 Å². The van der Waals surface area contributed by atoms with Gasteiger partial charge in [0.15, 0.2) is 0 Å². The summed E-state index contributed by atoms with van der Waals surface area (Å²) in [5.74, 6) is 1.28. The Morgan fingerprint density at radius 2 is 1.92 bits per heavy atom. The monoisotopic (exact) mass is 497 g/mol. The Morgan fingerprint density at radius 3 is 2.65 bits per heavy atom. The molecule has 8 heteroatoms. The number of carbonyl (C=O) groups excluding carboxylic acids is 2. The van der Waals surface area contributed by atoms with Crippen LogP contribution >= 0.6 is 0 Å². The van der Waals surface area contributed by atoms with E-state index in [1.54, 1.807) is 0 Å². The maximum Gasteiger partial charge on any atom is 0.256 e. The largest absolute Gasteiger partial charge is 0.368 e. The summed E-state index contributed by atoms with van der Waals surface area (Å²) < 4.78 is 7.45. The minimum Gasteiger partial charge on any atom is -0.368 e. The number of amides is 2. The van der Waals surface area contributed by atoms with Crippen molar-refractivity contribution >= 4 is 28.6 Å². The zero-order chi connectivity index (χ0) is 25.3. The van der Waals surface area contributed by atoms with E-state index >= 15 is 0 Å². The summed E-state index contributed by atoms with van der Waals surface area (Å²) in [5, 5.41) is 5.47. The molecule has 2 amide bonds. The van der Waals surface area contributed by atoms with E-state index in [9.17, 15) is 9.59 Å². The Morgan fingerprint density at radius 1 is 1.14 bits per heavy atom. The Kier molecular flexibility index (Phi) is 5.05. The smallest absolute Gasteiger partial charge is 0.256 e. The van der Waals surface area contributed by atoms with Crippen molar-refractivity contribution in [1.29, 1.82) is 0 Å². The second-order valence-electron chi connectivity index (χ2n) is 11.1. The van der Waals surface area contributed by atoms with Gasteiger partial charge in [0.1, 0.15) is 17.5 Å². The van der Waals surface area contributed by atoms with Crippen molar-refractivity contribution in [3.8, 4) is 11.1 Å². The molecule has 1 aromatic heterocycles. The van der Waals surface area contributed by atoms with E-state index in [4.69, 9.17) is 9.73 Å². The average molecular weight is 498 g/mol. The highest BCUT2D eigenvalue weighted by atomic mass is 16.5. The molecule has 37 heavy (non-hydrogen) atoms. The highest BCUT2D eigenvalue weighted by molar-refractivity contribution is 6.17. The zero-order valence-corrected chi connectivity index (χ0v) is 21.3. The third kappa shape index (κ3) is 3.69. The number of ether oxygens (including phenoxy) is 1. The molecule has 1 unspecified atom stereocenters. The van der Waals surface area contributed by atoms with Crippen LogP contribution in [0.4, 0.5) is 0 Å². The predicted molar refractivity (Wildman–Crippen MR) is 140 cm³/mol. The van der Waals surface area contributed by atoms with Crippen molar-refractivity contribution < 1.29 is 14.3 Å². The second kappa shape index (κ2) is 8.25. The number of aliphatic imine (C=N–C) groups is 1. The Hall–Kier alpha value is -3.52. The van der Waals surface area contributed by atoms with Gasteiger partial charge < -0.3 is 9.64 Å². The van der Waals surface area contributed by atoms with Crippen molar-refractivity contribution in [3.63, 3.8) is 0 Å². The lowest BCUT2D eigenvalue weighted by Crippen LogP contribution is -2.57.